The van der Waals surface area contributed by atoms with Crippen molar-refractivity contribution in [1.29, 1.82) is 0 Å². The highest BCUT2D eigenvalue weighted by Gasteiger charge is 2.22. The van der Waals surface area contributed by atoms with Gasteiger partial charge in [-0.3, -0.25) is 0 Å². The van der Waals surface area contributed by atoms with E-state index in [0.717, 1.165) is 19.0 Å². The molecule has 1 aromatic rings. The minimum atomic E-state index is 0.632. The number of aromatic nitrogens is 1. The molecular weight excluding hydrogens is 258 g/mol. The van der Waals surface area contributed by atoms with Gasteiger partial charge in [0.2, 0.25) is 0 Å². The largest absolute Gasteiger partial charge is 0.354 e. The van der Waals surface area contributed by atoms with E-state index in [2.05, 4.69) is 36.2 Å². The molecule has 0 amide bonds. The van der Waals surface area contributed by atoms with Crippen LogP contribution < -0.4 is 10.2 Å². The van der Waals surface area contributed by atoms with Crippen LogP contribution in [0.15, 0.2) is 12.1 Å². The van der Waals surface area contributed by atoms with Crippen LogP contribution in [0.2, 0.25) is 0 Å². The lowest BCUT2D eigenvalue weighted by Crippen LogP contribution is -2.38. The van der Waals surface area contributed by atoms with Gasteiger partial charge in [0.15, 0.2) is 0 Å². The molecule has 3 heteroatoms. The molecule has 3 rings (SSSR count). The zero-order valence-electron chi connectivity index (χ0n) is 13.6. The number of nitrogens with zero attached hydrogens (tertiary/aromatic N) is 2. The van der Waals surface area contributed by atoms with E-state index in [0.29, 0.717) is 6.04 Å². The van der Waals surface area contributed by atoms with Crippen molar-refractivity contribution >= 4 is 5.82 Å². The topological polar surface area (TPSA) is 28.2 Å². The second kappa shape index (κ2) is 6.78. The van der Waals surface area contributed by atoms with Gasteiger partial charge in [-0.05, 0) is 63.1 Å². The molecular formula is C18H29N3. The molecule has 1 unspecified atom stereocenters. The SMILES string of the molecule is CCCc1cc(CNC2CC2)cc(N2CCCCC2C)n1. The van der Waals surface area contributed by atoms with Crippen molar-refractivity contribution in [1.82, 2.24) is 10.3 Å². The van der Waals surface area contributed by atoms with Crippen LogP contribution in [-0.2, 0) is 13.0 Å². The molecule has 0 aromatic carbocycles. The normalized spacial score (nSPS) is 22.6. The van der Waals surface area contributed by atoms with Gasteiger partial charge in [-0.15, -0.1) is 0 Å². The quantitative estimate of drug-likeness (QED) is 0.865. The van der Waals surface area contributed by atoms with Gasteiger partial charge in [-0.1, -0.05) is 13.3 Å². The number of piperidine rings is 1. The average Bonchev–Trinajstić information content (AvgIpc) is 3.30. The van der Waals surface area contributed by atoms with Crippen molar-refractivity contribution in [2.24, 2.45) is 0 Å². The average molecular weight is 287 g/mol. The second-order valence-corrected chi connectivity index (χ2v) is 6.77. The summed E-state index contributed by atoms with van der Waals surface area (Å²) in [7, 11) is 0. The molecule has 1 aliphatic carbocycles. The molecule has 2 aliphatic rings. The van der Waals surface area contributed by atoms with Crippen LogP contribution in [0.25, 0.3) is 0 Å². The first-order chi connectivity index (χ1) is 10.3. The summed E-state index contributed by atoms with van der Waals surface area (Å²) in [6.45, 7) is 6.74. The van der Waals surface area contributed by atoms with Crippen LogP contribution in [0, 0.1) is 0 Å². The maximum Gasteiger partial charge on any atom is 0.129 e. The lowest BCUT2D eigenvalue weighted by Gasteiger charge is -2.35. The Labute approximate surface area is 129 Å². The monoisotopic (exact) mass is 287 g/mol. The fourth-order valence-electron chi connectivity index (χ4n) is 3.25. The molecule has 1 saturated carbocycles. The highest BCUT2D eigenvalue weighted by molar-refractivity contribution is 5.44. The third-order valence-electron chi connectivity index (χ3n) is 4.70. The van der Waals surface area contributed by atoms with Crippen LogP contribution in [0.5, 0.6) is 0 Å². The number of anilines is 1. The lowest BCUT2D eigenvalue weighted by molar-refractivity contribution is 0.480. The molecule has 1 atom stereocenters. The standard InChI is InChI=1S/C18H29N3/c1-3-6-17-11-15(13-19-16-8-9-16)12-18(20-17)21-10-5-4-7-14(21)2/h11-12,14,16,19H,3-10,13H2,1-2H3. The molecule has 0 radical (unpaired) electrons. The van der Waals surface area contributed by atoms with E-state index in [-0.39, 0.29) is 0 Å². The van der Waals surface area contributed by atoms with Gasteiger partial charge in [-0.2, -0.15) is 0 Å². The van der Waals surface area contributed by atoms with Crippen LogP contribution in [0.3, 0.4) is 0 Å². The Bertz CT molecular complexity index is 468. The molecule has 1 aromatic heterocycles. The highest BCUT2D eigenvalue weighted by Crippen LogP contribution is 2.25. The molecule has 1 saturated heterocycles. The summed E-state index contributed by atoms with van der Waals surface area (Å²) in [6, 6.07) is 6.02. The summed E-state index contributed by atoms with van der Waals surface area (Å²) in [6.07, 6.45) is 8.93. The van der Waals surface area contributed by atoms with Crippen LogP contribution in [0.4, 0.5) is 5.82 Å². The van der Waals surface area contributed by atoms with Crippen molar-refractivity contribution < 1.29 is 0 Å². The van der Waals surface area contributed by atoms with Crippen molar-refractivity contribution in [3.63, 3.8) is 0 Å². The zero-order valence-corrected chi connectivity index (χ0v) is 13.6. The summed E-state index contributed by atoms with van der Waals surface area (Å²) >= 11 is 0. The van der Waals surface area contributed by atoms with E-state index in [4.69, 9.17) is 4.98 Å². The van der Waals surface area contributed by atoms with Crippen molar-refractivity contribution in [3.8, 4) is 0 Å². The highest BCUT2D eigenvalue weighted by atomic mass is 15.2. The Morgan fingerprint density at radius 1 is 1.24 bits per heavy atom. The maximum atomic E-state index is 4.94. The Hall–Kier alpha value is -1.09. The second-order valence-electron chi connectivity index (χ2n) is 6.77. The first-order valence-corrected chi connectivity index (χ1v) is 8.76. The number of pyridine rings is 1. The molecule has 116 valence electrons. The minimum Gasteiger partial charge on any atom is -0.354 e. The van der Waals surface area contributed by atoms with E-state index >= 15 is 0 Å². The summed E-state index contributed by atoms with van der Waals surface area (Å²) in [5.74, 6) is 1.21. The van der Waals surface area contributed by atoms with E-state index < -0.39 is 0 Å². The lowest BCUT2D eigenvalue weighted by atomic mass is 10.0. The fraction of sp³-hybridized carbons (Fsp3) is 0.722. The van der Waals surface area contributed by atoms with E-state index in [1.54, 1.807) is 0 Å². The Balaban J connectivity index is 1.78. The molecule has 2 fully saturated rings. The van der Waals surface area contributed by atoms with E-state index in [9.17, 15) is 0 Å². The summed E-state index contributed by atoms with van der Waals surface area (Å²) in [5.41, 5.74) is 2.67. The van der Waals surface area contributed by atoms with E-state index in [1.807, 2.05) is 0 Å². The van der Waals surface area contributed by atoms with Gasteiger partial charge in [0, 0.05) is 30.9 Å². The number of rotatable bonds is 6. The van der Waals surface area contributed by atoms with Gasteiger partial charge in [0.1, 0.15) is 5.82 Å². The predicted octanol–water partition coefficient (Wildman–Crippen LogP) is 3.66. The summed E-state index contributed by atoms with van der Waals surface area (Å²) < 4.78 is 0. The first-order valence-electron chi connectivity index (χ1n) is 8.76. The van der Waals surface area contributed by atoms with Crippen molar-refractivity contribution in [2.75, 3.05) is 11.4 Å². The van der Waals surface area contributed by atoms with Crippen LogP contribution in [0.1, 0.15) is 63.6 Å². The smallest absolute Gasteiger partial charge is 0.129 e. The Kier molecular flexibility index (Phi) is 4.79. The number of hydrogen-bond donors (Lipinski definition) is 1. The number of aryl methyl sites for hydroxylation is 1. The summed E-state index contributed by atoms with van der Waals surface area (Å²) in [5, 5.41) is 3.64. The van der Waals surface area contributed by atoms with Crippen LogP contribution >= 0.6 is 0 Å². The molecule has 3 nitrogen and oxygen atoms in total. The van der Waals surface area contributed by atoms with Gasteiger partial charge >= 0.3 is 0 Å². The maximum absolute atomic E-state index is 4.94. The molecule has 0 bridgehead atoms. The van der Waals surface area contributed by atoms with E-state index in [1.165, 1.54) is 62.1 Å². The van der Waals surface area contributed by atoms with Gasteiger partial charge < -0.3 is 10.2 Å². The predicted molar refractivity (Wildman–Crippen MR) is 88.8 cm³/mol. The number of hydrogen-bond acceptors (Lipinski definition) is 3. The molecule has 1 aliphatic heterocycles. The Morgan fingerprint density at radius 3 is 2.81 bits per heavy atom. The number of nitrogens with one attached hydrogen (secondary N) is 1. The van der Waals surface area contributed by atoms with Crippen molar-refractivity contribution in [3.05, 3.63) is 23.4 Å². The van der Waals surface area contributed by atoms with Gasteiger partial charge in [-0.25, -0.2) is 4.98 Å². The Morgan fingerprint density at radius 2 is 2.10 bits per heavy atom. The molecule has 2 heterocycles. The van der Waals surface area contributed by atoms with Crippen LogP contribution in [-0.4, -0.2) is 23.6 Å². The molecule has 1 N–H and O–H groups in total. The molecule has 21 heavy (non-hydrogen) atoms. The zero-order chi connectivity index (χ0) is 14.7. The third-order valence-corrected chi connectivity index (χ3v) is 4.70. The fourth-order valence-corrected chi connectivity index (χ4v) is 3.25. The third kappa shape index (κ3) is 3.97. The summed E-state index contributed by atoms with van der Waals surface area (Å²) in [4.78, 5) is 7.46. The minimum absolute atomic E-state index is 0.632. The molecule has 0 spiro atoms. The van der Waals surface area contributed by atoms with Gasteiger partial charge in [0.25, 0.3) is 0 Å². The van der Waals surface area contributed by atoms with Crippen molar-refractivity contribution in [2.45, 2.75) is 77.4 Å². The van der Waals surface area contributed by atoms with Gasteiger partial charge in [0.05, 0.1) is 0 Å². The first kappa shape index (κ1) is 14.8.